The van der Waals surface area contributed by atoms with Crippen LogP contribution in [0.4, 0.5) is 5.69 Å². The molecule has 0 aromatic heterocycles. The van der Waals surface area contributed by atoms with Crippen LogP contribution in [-0.2, 0) is 10.4 Å². The molecule has 0 fully saturated rings. The van der Waals surface area contributed by atoms with E-state index in [9.17, 15) is 9.90 Å². The number of carbonyl (C=O) groups is 1. The predicted octanol–water partition coefficient (Wildman–Crippen LogP) is 5.45. The quantitative estimate of drug-likeness (QED) is 0.381. The Morgan fingerprint density at radius 3 is 2.24 bits per heavy atom. The number of nitrogens with one attached hydrogen (secondary N) is 1. The van der Waals surface area contributed by atoms with E-state index < -0.39 is 11.5 Å². The van der Waals surface area contributed by atoms with E-state index in [0.717, 1.165) is 12.1 Å². The van der Waals surface area contributed by atoms with Crippen LogP contribution >= 0.6 is 11.6 Å². The van der Waals surface area contributed by atoms with Crippen LogP contribution in [0.25, 0.3) is 0 Å². The highest BCUT2D eigenvalue weighted by Crippen LogP contribution is 2.44. The number of benzene rings is 3. The molecule has 176 valence electrons. The lowest BCUT2D eigenvalue weighted by atomic mass is 9.80. The molecule has 1 atom stereocenters. The summed E-state index contributed by atoms with van der Waals surface area (Å²) in [5.41, 5.74) is 4.61. The summed E-state index contributed by atoms with van der Waals surface area (Å²) in [5.74, 6) is -0.286. The van der Waals surface area contributed by atoms with Crippen LogP contribution in [0.3, 0.4) is 0 Å². The number of hydrazone groups is 1. The highest BCUT2D eigenvalue weighted by Gasteiger charge is 2.40. The van der Waals surface area contributed by atoms with E-state index in [0.29, 0.717) is 27.6 Å². The highest BCUT2D eigenvalue weighted by atomic mass is 35.5. The van der Waals surface area contributed by atoms with E-state index in [1.165, 1.54) is 11.8 Å². The van der Waals surface area contributed by atoms with E-state index >= 15 is 0 Å². The van der Waals surface area contributed by atoms with Gasteiger partial charge >= 0.3 is 0 Å². The van der Waals surface area contributed by atoms with Gasteiger partial charge in [-0.2, -0.15) is 5.10 Å². The number of amides is 1. The van der Waals surface area contributed by atoms with E-state index in [1.807, 2.05) is 24.3 Å². The van der Waals surface area contributed by atoms with Crippen LogP contribution in [0, 0.1) is 0 Å². The Bertz CT molecular complexity index is 1170. The molecule has 1 aliphatic heterocycles. The number of rotatable bonds is 5. The SMILES string of the molecule is CC1CC(C)(C)N(C)c2cc(Cl)c(/C=N/NC(=O)C(O)(c3ccccc3)c3ccccc3)cc21. The van der Waals surface area contributed by atoms with Crippen LogP contribution in [-0.4, -0.2) is 29.8 Å². The number of fused-ring (bicyclic) bond motifs is 1. The van der Waals surface area contributed by atoms with Gasteiger partial charge in [-0.05, 0) is 55.0 Å². The molecule has 0 saturated heterocycles. The second-order valence-electron chi connectivity index (χ2n) is 9.55. The maximum atomic E-state index is 13.2. The lowest BCUT2D eigenvalue weighted by Crippen LogP contribution is -2.45. The molecular weight excluding hydrogens is 446 g/mol. The first-order chi connectivity index (χ1) is 16.1. The maximum absolute atomic E-state index is 13.2. The molecule has 5 nitrogen and oxygen atoms in total. The monoisotopic (exact) mass is 475 g/mol. The van der Waals surface area contributed by atoms with Crippen LogP contribution in [0.2, 0.25) is 5.02 Å². The minimum Gasteiger partial charge on any atom is -0.372 e. The molecule has 3 aromatic carbocycles. The third kappa shape index (κ3) is 4.33. The number of hydrogen-bond donors (Lipinski definition) is 2. The van der Waals surface area contributed by atoms with Crippen molar-refractivity contribution in [1.82, 2.24) is 5.43 Å². The van der Waals surface area contributed by atoms with Gasteiger partial charge in [-0.3, -0.25) is 4.79 Å². The van der Waals surface area contributed by atoms with Crippen molar-refractivity contribution >= 4 is 29.4 Å². The zero-order valence-electron chi connectivity index (χ0n) is 19.9. The Kier molecular flexibility index (Phi) is 6.52. The van der Waals surface area contributed by atoms with Gasteiger partial charge in [0.1, 0.15) is 0 Å². The normalized spacial score (nSPS) is 17.5. The fourth-order valence-electron chi connectivity index (χ4n) is 4.73. The molecule has 0 radical (unpaired) electrons. The van der Waals surface area contributed by atoms with Crippen LogP contribution in [0.1, 0.15) is 55.4 Å². The molecule has 6 heteroatoms. The molecule has 1 amide bonds. The fraction of sp³-hybridized carbons (Fsp3) is 0.286. The Morgan fingerprint density at radius 2 is 1.68 bits per heavy atom. The van der Waals surface area contributed by atoms with Crippen molar-refractivity contribution in [1.29, 1.82) is 0 Å². The van der Waals surface area contributed by atoms with Gasteiger partial charge in [0.2, 0.25) is 0 Å². The molecule has 34 heavy (non-hydrogen) atoms. The fourth-order valence-corrected chi connectivity index (χ4v) is 4.94. The minimum absolute atomic E-state index is 0.0403. The zero-order valence-corrected chi connectivity index (χ0v) is 20.7. The van der Waals surface area contributed by atoms with Gasteiger partial charge in [0.15, 0.2) is 5.60 Å². The summed E-state index contributed by atoms with van der Waals surface area (Å²) in [5, 5.41) is 16.2. The highest BCUT2D eigenvalue weighted by molar-refractivity contribution is 6.33. The van der Waals surface area contributed by atoms with Crippen molar-refractivity contribution in [2.75, 3.05) is 11.9 Å². The molecule has 0 spiro atoms. The van der Waals surface area contributed by atoms with Gasteiger partial charge < -0.3 is 10.0 Å². The van der Waals surface area contributed by atoms with Crippen molar-refractivity contribution in [3.05, 3.63) is 100 Å². The first-order valence-corrected chi connectivity index (χ1v) is 11.8. The summed E-state index contributed by atoms with van der Waals surface area (Å²) in [6.45, 7) is 6.67. The summed E-state index contributed by atoms with van der Waals surface area (Å²) < 4.78 is 0. The molecular formula is C28H30ClN3O2. The van der Waals surface area contributed by atoms with Gasteiger partial charge in [-0.1, -0.05) is 79.2 Å². The number of aliphatic hydroxyl groups is 1. The molecule has 1 aliphatic rings. The van der Waals surface area contributed by atoms with Crippen molar-refractivity contribution in [2.45, 2.75) is 44.2 Å². The Balaban J connectivity index is 1.62. The van der Waals surface area contributed by atoms with Gasteiger partial charge in [-0.15, -0.1) is 0 Å². The smallest absolute Gasteiger partial charge is 0.281 e. The first kappa shape index (κ1) is 24.0. The number of hydrogen-bond acceptors (Lipinski definition) is 4. The topological polar surface area (TPSA) is 64.9 Å². The number of halogens is 1. The van der Waals surface area contributed by atoms with E-state index in [4.69, 9.17) is 11.6 Å². The molecule has 4 rings (SSSR count). The molecule has 2 N–H and O–H groups in total. The van der Waals surface area contributed by atoms with Crippen molar-refractivity contribution in [3.8, 4) is 0 Å². The van der Waals surface area contributed by atoms with Crippen LogP contribution in [0.5, 0.6) is 0 Å². The molecule has 1 heterocycles. The van der Waals surface area contributed by atoms with Gasteiger partial charge in [0, 0.05) is 23.8 Å². The summed E-state index contributed by atoms with van der Waals surface area (Å²) in [4.78, 5) is 15.5. The zero-order chi connectivity index (χ0) is 24.5. The van der Waals surface area contributed by atoms with Crippen molar-refractivity contribution in [3.63, 3.8) is 0 Å². The third-order valence-corrected chi connectivity index (χ3v) is 7.16. The number of nitrogens with zero attached hydrogens (tertiary/aromatic N) is 2. The lowest BCUT2D eigenvalue weighted by molar-refractivity contribution is -0.136. The van der Waals surface area contributed by atoms with Gasteiger partial charge in [0.25, 0.3) is 5.91 Å². The Labute approximate surface area is 206 Å². The molecule has 0 saturated carbocycles. The number of carbonyl (C=O) groups excluding carboxylic acids is 1. The molecule has 1 unspecified atom stereocenters. The molecule has 3 aromatic rings. The summed E-state index contributed by atoms with van der Waals surface area (Å²) in [6, 6.07) is 21.7. The first-order valence-electron chi connectivity index (χ1n) is 11.4. The summed E-state index contributed by atoms with van der Waals surface area (Å²) >= 11 is 6.58. The Hall–Kier alpha value is -3.15. The maximum Gasteiger partial charge on any atom is 0.281 e. The average Bonchev–Trinajstić information content (AvgIpc) is 2.83. The largest absolute Gasteiger partial charge is 0.372 e. The van der Waals surface area contributed by atoms with Crippen molar-refractivity contribution < 1.29 is 9.90 Å². The van der Waals surface area contributed by atoms with Gasteiger partial charge in [-0.25, -0.2) is 5.43 Å². The van der Waals surface area contributed by atoms with Crippen LogP contribution in [0.15, 0.2) is 77.9 Å². The van der Waals surface area contributed by atoms with Crippen LogP contribution < -0.4 is 10.3 Å². The summed E-state index contributed by atoms with van der Waals surface area (Å²) in [6.07, 6.45) is 2.55. The van der Waals surface area contributed by atoms with Crippen molar-refractivity contribution in [2.24, 2.45) is 5.10 Å². The van der Waals surface area contributed by atoms with E-state index in [1.54, 1.807) is 48.5 Å². The second kappa shape index (κ2) is 9.24. The predicted molar refractivity (Wildman–Crippen MR) is 139 cm³/mol. The standard InChI is InChI=1S/C28H30ClN3O2/c1-19-17-27(2,3)32(4)25-16-24(29)20(15-23(19)25)18-30-31-26(33)28(34,21-11-7-5-8-12-21)22-13-9-6-10-14-22/h5-16,18-19,34H,17H2,1-4H3,(H,31,33)/b30-18+. The van der Waals surface area contributed by atoms with E-state index in [2.05, 4.69) is 43.2 Å². The van der Waals surface area contributed by atoms with Gasteiger partial charge in [0.05, 0.1) is 11.2 Å². The van der Waals surface area contributed by atoms with E-state index in [-0.39, 0.29) is 5.54 Å². The molecule has 0 aliphatic carbocycles. The summed E-state index contributed by atoms with van der Waals surface area (Å²) in [7, 11) is 2.09. The number of anilines is 1. The third-order valence-electron chi connectivity index (χ3n) is 6.83. The average molecular weight is 476 g/mol. The Morgan fingerprint density at radius 1 is 1.12 bits per heavy atom. The minimum atomic E-state index is -1.89. The second-order valence-corrected chi connectivity index (χ2v) is 9.96. The molecule has 0 bridgehead atoms. The lowest BCUT2D eigenvalue weighted by Gasteiger charge is -2.45.